The second-order valence-corrected chi connectivity index (χ2v) is 7.08. The average Bonchev–Trinajstić information content (AvgIpc) is 3.08. The topological polar surface area (TPSA) is 72.8 Å². The first-order valence-corrected chi connectivity index (χ1v) is 9.50. The van der Waals surface area contributed by atoms with Gasteiger partial charge in [0, 0.05) is 0 Å². The first kappa shape index (κ1) is 19.6. The molecule has 0 radical (unpaired) electrons. The molecule has 0 atom stereocenters. The minimum absolute atomic E-state index is 0.395. The van der Waals surface area contributed by atoms with Crippen LogP contribution in [0.3, 0.4) is 0 Å². The van der Waals surface area contributed by atoms with Gasteiger partial charge >= 0.3 is 5.97 Å². The van der Waals surface area contributed by atoms with E-state index < -0.39 is 5.97 Å². The van der Waals surface area contributed by atoms with E-state index in [0.29, 0.717) is 22.3 Å². The number of anilines is 1. The van der Waals surface area contributed by atoms with Crippen molar-refractivity contribution in [2.24, 2.45) is 5.10 Å². The highest BCUT2D eigenvalue weighted by Crippen LogP contribution is 2.23. The van der Waals surface area contributed by atoms with Crippen molar-refractivity contribution in [3.05, 3.63) is 75.8 Å². The maximum absolute atomic E-state index is 11.6. The highest BCUT2D eigenvalue weighted by atomic mass is 32.1. The van der Waals surface area contributed by atoms with Crippen LogP contribution < -0.4 is 10.2 Å². The SMILES string of the molecule is COC(=O)c1sc(N/N=C/c2ccc(OCc3ccccc3C)cc2)nc1C. The summed E-state index contributed by atoms with van der Waals surface area (Å²) in [5.41, 5.74) is 6.75. The van der Waals surface area contributed by atoms with Crippen molar-refractivity contribution in [2.75, 3.05) is 12.5 Å². The number of hydrogen-bond acceptors (Lipinski definition) is 7. The summed E-state index contributed by atoms with van der Waals surface area (Å²) < 4.78 is 10.6. The number of nitrogens with one attached hydrogen (secondary N) is 1. The van der Waals surface area contributed by atoms with E-state index in [0.717, 1.165) is 11.3 Å². The lowest BCUT2D eigenvalue weighted by atomic mass is 10.1. The van der Waals surface area contributed by atoms with Crippen LogP contribution in [0.4, 0.5) is 5.13 Å². The summed E-state index contributed by atoms with van der Waals surface area (Å²) in [6.45, 7) is 4.37. The summed E-state index contributed by atoms with van der Waals surface area (Å²) in [5, 5.41) is 4.70. The number of rotatable bonds is 7. The molecular weight excluding hydrogens is 374 g/mol. The predicted molar refractivity (Wildman–Crippen MR) is 111 cm³/mol. The fraction of sp³-hybridized carbons (Fsp3) is 0.190. The molecule has 1 N–H and O–H groups in total. The lowest BCUT2D eigenvalue weighted by Crippen LogP contribution is -1.99. The lowest BCUT2D eigenvalue weighted by Gasteiger charge is -2.08. The van der Waals surface area contributed by atoms with Crippen molar-refractivity contribution >= 4 is 28.7 Å². The van der Waals surface area contributed by atoms with Crippen LogP contribution in [0.5, 0.6) is 5.75 Å². The van der Waals surface area contributed by atoms with Gasteiger partial charge < -0.3 is 9.47 Å². The number of methoxy groups -OCH3 is 1. The summed E-state index contributed by atoms with van der Waals surface area (Å²) >= 11 is 1.20. The van der Waals surface area contributed by atoms with Gasteiger partial charge in [-0.15, -0.1) is 0 Å². The third-order valence-corrected chi connectivity index (χ3v) is 5.12. The Morgan fingerprint density at radius 2 is 1.93 bits per heavy atom. The van der Waals surface area contributed by atoms with E-state index in [2.05, 4.69) is 34.6 Å². The van der Waals surface area contributed by atoms with Crippen LogP contribution in [0.2, 0.25) is 0 Å². The molecule has 0 aliphatic rings. The molecule has 0 spiro atoms. The fourth-order valence-electron chi connectivity index (χ4n) is 2.47. The van der Waals surface area contributed by atoms with Crippen molar-refractivity contribution in [3.8, 4) is 5.75 Å². The number of nitrogens with zero attached hydrogens (tertiary/aromatic N) is 2. The summed E-state index contributed by atoms with van der Waals surface area (Å²) in [7, 11) is 1.35. The van der Waals surface area contributed by atoms with Gasteiger partial charge in [0.05, 0.1) is 19.0 Å². The van der Waals surface area contributed by atoms with E-state index in [-0.39, 0.29) is 0 Å². The molecule has 0 fully saturated rings. The lowest BCUT2D eigenvalue weighted by molar-refractivity contribution is 0.0605. The molecule has 0 saturated carbocycles. The molecule has 2 aromatic carbocycles. The number of aryl methyl sites for hydroxylation is 2. The van der Waals surface area contributed by atoms with Gasteiger partial charge in [-0.25, -0.2) is 9.78 Å². The van der Waals surface area contributed by atoms with Crippen molar-refractivity contribution in [3.63, 3.8) is 0 Å². The van der Waals surface area contributed by atoms with Crippen LogP contribution >= 0.6 is 11.3 Å². The highest BCUT2D eigenvalue weighted by Gasteiger charge is 2.15. The molecule has 1 heterocycles. The molecule has 0 amide bonds. The number of ether oxygens (including phenoxy) is 2. The molecule has 0 bridgehead atoms. The average molecular weight is 395 g/mol. The third-order valence-electron chi connectivity index (χ3n) is 4.08. The fourth-order valence-corrected chi connectivity index (χ4v) is 3.31. The maximum atomic E-state index is 11.6. The molecule has 28 heavy (non-hydrogen) atoms. The number of esters is 1. The van der Waals surface area contributed by atoms with Crippen LogP contribution in [0.1, 0.15) is 32.1 Å². The number of benzene rings is 2. The van der Waals surface area contributed by atoms with Crippen LogP contribution in [0.15, 0.2) is 53.6 Å². The maximum Gasteiger partial charge on any atom is 0.350 e. The zero-order valence-corrected chi connectivity index (χ0v) is 16.7. The van der Waals surface area contributed by atoms with Gasteiger partial charge in [0.2, 0.25) is 5.13 Å². The second-order valence-electron chi connectivity index (χ2n) is 6.08. The highest BCUT2D eigenvalue weighted by molar-refractivity contribution is 7.17. The molecule has 0 aliphatic heterocycles. The molecule has 7 heteroatoms. The number of hydrazone groups is 1. The number of hydrogen-bond donors (Lipinski definition) is 1. The molecule has 3 aromatic rings. The Morgan fingerprint density at radius 3 is 2.64 bits per heavy atom. The number of carbonyl (C=O) groups excluding carboxylic acids is 1. The van der Waals surface area contributed by atoms with Gasteiger partial charge in [-0.1, -0.05) is 35.6 Å². The molecule has 0 unspecified atom stereocenters. The van der Waals surface area contributed by atoms with Gasteiger partial charge in [-0.3, -0.25) is 5.43 Å². The van der Waals surface area contributed by atoms with E-state index in [4.69, 9.17) is 9.47 Å². The summed E-state index contributed by atoms with van der Waals surface area (Å²) in [6.07, 6.45) is 1.68. The minimum Gasteiger partial charge on any atom is -0.489 e. The van der Waals surface area contributed by atoms with E-state index in [1.54, 1.807) is 13.1 Å². The molecule has 0 aliphatic carbocycles. The van der Waals surface area contributed by atoms with Crippen LogP contribution in [-0.2, 0) is 11.3 Å². The first-order chi connectivity index (χ1) is 13.6. The Hall–Kier alpha value is -3.19. The monoisotopic (exact) mass is 395 g/mol. The molecule has 3 rings (SSSR count). The third kappa shape index (κ3) is 4.95. The van der Waals surface area contributed by atoms with Crippen molar-refractivity contribution < 1.29 is 14.3 Å². The molecule has 1 aromatic heterocycles. The second kappa shape index (κ2) is 9.14. The Balaban J connectivity index is 1.55. The molecule has 0 saturated heterocycles. The molecule has 144 valence electrons. The Labute approximate surface area is 167 Å². The van der Waals surface area contributed by atoms with Gasteiger partial charge in [0.15, 0.2) is 0 Å². The zero-order valence-electron chi connectivity index (χ0n) is 15.9. The van der Waals surface area contributed by atoms with Crippen molar-refractivity contribution in [1.82, 2.24) is 4.98 Å². The number of aromatic nitrogens is 1. The summed E-state index contributed by atoms with van der Waals surface area (Å²) in [6, 6.07) is 15.8. The van der Waals surface area contributed by atoms with Gasteiger partial charge in [0.1, 0.15) is 17.2 Å². The molecular formula is C21H21N3O3S. The smallest absolute Gasteiger partial charge is 0.350 e. The quantitative estimate of drug-likeness (QED) is 0.360. The van der Waals surface area contributed by atoms with Crippen LogP contribution in [0, 0.1) is 13.8 Å². The van der Waals surface area contributed by atoms with E-state index >= 15 is 0 Å². The van der Waals surface area contributed by atoms with E-state index in [1.807, 2.05) is 36.4 Å². The summed E-state index contributed by atoms with van der Waals surface area (Å²) in [5.74, 6) is 0.403. The largest absolute Gasteiger partial charge is 0.489 e. The van der Waals surface area contributed by atoms with E-state index in [1.165, 1.54) is 29.6 Å². The van der Waals surface area contributed by atoms with Crippen LogP contribution in [-0.4, -0.2) is 24.3 Å². The Morgan fingerprint density at radius 1 is 1.18 bits per heavy atom. The normalized spacial score (nSPS) is 10.8. The van der Waals surface area contributed by atoms with Gasteiger partial charge in [0.25, 0.3) is 0 Å². The van der Waals surface area contributed by atoms with Crippen LogP contribution in [0.25, 0.3) is 0 Å². The number of carbonyl (C=O) groups is 1. The number of thiazole rings is 1. The first-order valence-electron chi connectivity index (χ1n) is 8.69. The predicted octanol–water partition coefficient (Wildman–Crippen LogP) is 4.57. The van der Waals surface area contributed by atoms with Crippen molar-refractivity contribution in [2.45, 2.75) is 20.5 Å². The Kier molecular flexibility index (Phi) is 6.39. The Bertz CT molecular complexity index is 981. The van der Waals surface area contributed by atoms with E-state index in [9.17, 15) is 4.79 Å². The minimum atomic E-state index is -0.395. The standard InChI is InChI=1S/C21H21N3O3S/c1-14-6-4-5-7-17(14)13-27-18-10-8-16(9-11-18)12-22-24-21-23-15(2)19(28-21)20(25)26-3/h4-12H,13H2,1-3H3,(H,23,24)/b22-12+. The van der Waals surface area contributed by atoms with Gasteiger partial charge in [-0.05, 0) is 54.8 Å². The zero-order chi connectivity index (χ0) is 19.9. The molecule has 6 nitrogen and oxygen atoms in total. The van der Waals surface area contributed by atoms with Crippen molar-refractivity contribution in [1.29, 1.82) is 0 Å². The van der Waals surface area contributed by atoms with Gasteiger partial charge in [-0.2, -0.15) is 5.10 Å². The summed E-state index contributed by atoms with van der Waals surface area (Å²) in [4.78, 5) is 16.3.